The molecule has 6 heteroatoms. The molecule has 3 rings (SSSR count). The second-order valence-electron chi connectivity index (χ2n) is 5.73. The van der Waals surface area contributed by atoms with Crippen molar-refractivity contribution in [1.29, 1.82) is 0 Å². The lowest BCUT2D eigenvalue weighted by atomic mass is 9.98. The number of fused-ring (bicyclic) bond motifs is 1. The number of carbonyl (C=O) groups is 1. The first-order chi connectivity index (χ1) is 10.7. The van der Waals surface area contributed by atoms with E-state index in [1.165, 1.54) is 4.57 Å². The second-order valence-corrected chi connectivity index (χ2v) is 5.73. The Bertz CT molecular complexity index is 725. The molecule has 0 bridgehead atoms. The topological polar surface area (TPSA) is 68.1 Å². The number of benzene rings is 1. The van der Waals surface area contributed by atoms with Crippen LogP contribution in [-0.4, -0.2) is 34.8 Å². The summed E-state index contributed by atoms with van der Waals surface area (Å²) >= 11 is 0. The summed E-state index contributed by atoms with van der Waals surface area (Å²) in [5.41, 5.74) is 1.19. The molecule has 1 aromatic carbocycles. The van der Waals surface area contributed by atoms with Crippen molar-refractivity contribution in [3.8, 4) is 0 Å². The van der Waals surface area contributed by atoms with Gasteiger partial charge in [-0.2, -0.15) is 0 Å². The van der Waals surface area contributed by atoms with Crippen LogP contribution in [0.1, 0.15) is 19.8 Å². The highest BCUT2D eigenvalue weighted by Crippen LogP contribution is 2.13. The van der Waals surface area contributed by atoms with Crippen LogP contribution in [0.5, 0.6) is 0 Å². The Morgan fingerprint density at radius 2 is 1.95 bits per heavy atom. The summed E-state index contributed by atoms with van der Waals surface area (Å²) in [5.74, 6) is 0.487. The molecule has 1 aliphatic heterocycles. The zero-order valence-electron chi connectivity index (χ0n) is 12.8. The molecular weight excluding hydrogens is 280 g/mol. The van der Waals surface area contributed by atoms with Crippen molar-refractivity contribution >= 4 is 17.1 Å². The lowest BCUT2D eigenvalue weighted by Crippen LogP contribution is -2.41. The number of aromatic nitrogens is 2. The maximum Gasteiger partial charge on any atom is 0.337 e. The molecule has 2 N–H and O–H groups in total. The molecule has 0 radical (unpaired) electrons. The first-order valence-corrected chi connectivity index (χ1v) is 7.91. The SMILES string of the molecule is CCn1c(=O)n(C(=O)NCC2CCNCC2)c2ccccc21. The van der Waals surface area contributed by atoms with Gasteiger partial charge in [-0.1, -0.05) is 12.1 Å². The zero-order chi connectivity index (χ0) is 15.5. The minimum absolute atomic E-state index is 0.272. The van der Waals surface area contributed by atoms with Crippen LogP contribution in [-0.2, 0) is 6.54 Å². The van der Waals surface area contributed by atoms with Crippen molar-refractivity contribution in [2.24, 2.45) is 5.92 Å². The highest BCUT2D eigenvalue weighted by molar-refractivity contribution is 5.89. The standard InChI is InChI=1S/C16H22N4O2/c1-2-19-13-5-3-4-6-14(13)20(16(19)22)15(21)18-11-12-7-9-17-10-8-12/h3-6,12,17H,2,7-11H2,1H3,(H,18,21). The number of piperidine rings is 1. The van der Waals surface area contributed by atoms with E-state index in [-0.39, 0.29) is 11.7 Å². The summed E-state index contributed by atoms with van der Waals surface area (Å²) in [6.07, 6.45) is 2.12. The van der Waals surface area contributed by atoms with Gasteiger partial charge in [0.05, 0.1) is 11.0 Å². The molecular formula is C16H22N4O2. The number of nitrogens with zero attached hydrogens (tertiary/aromatic N) is 2. The van der Waals surface area contributed by atoms with Crippen LogP contribution in [0, 0.1) is 5.92 Å². The second kappa shape index (κ2) is 6.36. The minimum atomic E-state index is -0.327. The van der Waals surface area contributed by atoms with Gasteiger partial charge in [-0.25, -0.2) is 14.2 Å². The van der Waals surface area contributed by atoms with Crippen molar-refractivity contribution in [2.75, 3.05) is 19.6 Å². The zero-order valence-corrected chi connectivity index (χ0v) is 12.8. The Morgan fingerprint density at radius 1 is 1.27 bits per heavy atom. The van der Waals surface area contributed by atoms with E-state index in [1.54, 1.807) is 4.57 Å². The summed E-state index contributed by atoms with van der Waals surface area (Å²) in [4.78, 5) is 24.9. The average molecular weight is 302 g/mol. The van der Waals surface area contributed by atoms with E-state index in [0.29, 0.717) is 24.5 Å². The Labute approximate surface area is 129 Å². The molecule has 1 fully saturated rings. The van der Waals surface area contributed by atoms with Gasteiger partial charge in [0, 0.05) is 13.1 Å². The normalized spacial score (nSPS) is 16.0. The molecule has 1 amide bonds. The molecule has 1 aromatic heterocycles. The number of nitrogens with one attached hydrogen (secondary N) is 2. The Hall–Kier alpha value is -2.08. The summed E-state index contributed by atoms with van der Waals surface area (Å²) in [7, 11) is 0. The van der Waals surface area contributed by atoms with E-state index < -0.39 is 0 Å². The molecule has 6 nitrogen and oxygen atoms in total. The fraction of sp³-hybridized carbons (Fsp3) is 0.500. The van der Waals surface area contributed by atoms with E-state index >= 15 is 0 Å². The summed E-state index contributed by atoms with van der Waals surface area (Å²) in [5, 5.41) is 6.23. The lowest BCUT2D eigenvalue weighted by molar-refractivity contribution is 0.238. The van der Waals surface area contributed by atoms with Crippen LogP contribution in [0.25, 0.3) is 11.0 Å². The van der Waals surface area contributed by atoms with Crippen molar-refractivity contribution in [3.63, 3.8) is 0 Å². The van der Waals surface area contributed by atoms with Gasteiger partial charge in [-0.15, -0.1) is 0 Å². The molecule has 1 saturated heterocycles. The van der Waals surface area contributed by atoms with Crippen LogP contribution < -0.4 is 16.3 Å². The Balaban J connectivity index is 1.84. The third-order valence-electron chi connectivity index (χ3n) is 4.36. The van der Waals surface area contributed by atoms with E-state index in [4.69, 9.17) is 0 Å². The van der Waals surface area contributed by atoms with Crippen LogP contribution in [0.2, 0.25) is 0 Å². The summed E-state index contributed by atoms with van der Waals surface area (Å²) in [6, 6.07) is 7.08. The highest BCUT2D eigenvalue weighted by Gasteiger charge is 2.19. The first-order valence-electron chi connectivity index (χ1n) is 7.91. The Kier molecular flexibility index (Phi) is 4.29. The highest BCUT2D eigenvalue weighted by atomic mass is 16.2. The quantitative estimate of drug-likeness (QED) is 0.900. The van der Waals surface area contributed by atoms with Gasteiger partial charge in [0.1, 0.15) is 0 Å². The van der Waals surface area contributed by atoms with Crippen LogP contribution in [0.15, 0.2) is 29.1 Å². The van der Waals surface area contributed by atoms with Crippen LogP contribution in [0.3, 0.4) is 0 Å². The van der Waals surface area contributed by atoms with Crippen LogP contribution >= 0.6 is 0 Å². The minimum Gasteiger partial charge on any atom is -0.337 e. The fourth-order valence-electron chi connectivity index (χ4n) is 3.11. The molecule has 0 spiro atoms. The van der Waals surface area contributed by atoms with Gasteiger partial charge in [-0.3, -0.25) is 4.57 Å². The number of amides is 1. The maximum atomic E-state index is 12.5. The molecule has 0 saturated carbocycles. The van der Waals surface area contributed by atoms with Gasteiger partial charge < -0.3 is 10.6 Å². The van der Waals surface area contributed by atoms with Gasteiger partial charge in [-0.05, 0) is 50.9 Å². The van der Waals surface area contributed by atoms with Crippen LogP contribution in [0.4, 0.5) is 4.79 Å². The number of hydrogen-bond acceptors (Lipinski definition) is 3. The van der Waals surface area contributed by atoms with Gasteiger partial charge in [0.2, 0.25) is 0 Å². The number of para-hydroxylation sites is 2. The van der Waals surface area contributed by atoms with Gasteiger partial charge in [0.15, 0.2) is 0 Å². The number of carbonyl (C=O) groups excluding carboxylic acids is 1. The van der Waals surface area contributed by atoms with Gasteiger partial charge >= 0.3 is 11.7 Å². The predicted molar refractivity (Wildman–Crippen MR) is 86.3 cm³/mol. The largest absolute Gasteiger partial charge is 0.337 e. The van der Waals surface area contributed by atoms with Crippen molar-refractivity contribution < 1.29 is 4.79 Å². The smallest absolute Gasteiger partial charge is 0.337 e. The maximum absolute atomic E-state index is 12.5. The predicted octanol–water partition coefficient (Wildman–Crippen LogP) is 1.38. The van der Waals surface area contributed by atoms with E-state index in [0.717, 1.165) is 31.4 Å². The number of hydrogen-bond donors (Lipinski definition) is 2. The van der Waals surface area contributed by atoms with Crippen molar-refractivity contribution in [3.05, 3.63) is 34.7 Å². The molecule has 118 valence electrons. The van der Waals surface area contributed by atoms with Gasteiger partial charge in [0.25, 0.3) is 0 Å². The van der Waals surface area contributed by atoms with Crippen molar-refractivity contribution in [2.45, 2.75) is 26.3 Å². The molecule has 2 aromatic rings. The molecule has 22 heavy (non-hydrogen) atoms. The molecule has 0 aliphatic carbocycles. The van der Waals surface area contributed by atoms with E-state index in [1.807, 2.05) is 31.2 Å². The number of rotatable bonds is 3. The number of imidazole rings is 1. The lowest BCUT2D eigenvalue weighted by Gasteiger charge is -2.22. The summed E-state index contributed by atoms with van der Waals surface area (Å²) < 4.78 is 2.87. The fourth-order valence-corrected chi connectivity index (χ4v) is 3.11. The Morgan fingerprint density at radius 3 is 2.64 bits per heavy atom. The van der Waals surface area contributed by atoms with Crippen molar-refractivity contribution in [1.82, 2.24) is 19.8 Å². The summed E-state index contributed by atoms with van der Waals surface area (Å²) in [6.45, 7) is 5.07. The average Bonchev–Trinajstić information content (AvgIpc) is 2.85. The third-order valence-corrected chi connectivity index (χ3v) is 4.36. The molecule has 1 aliphatic rings. The molecule has 0 unspecified atom stereocenters. The third kappa shape index (κ3) is 2.66. The van der Waals surface area contributed by atoms with E-state index in [9.17, 15) is 9.59 Å². The first kappa shape index (κ1) is 14.8. The molecule has 0 atom stereocenters. The number of aryl methyl sites for hydroxylation is 1. The molecule has 2 heterocycles. The van der Waals surface area contributed by atoms with E-state index in [2.05, 4.69) is 10.6 Å². The monoisotopic (exact) mass is 302 g/mol.